The SMILES string of the molecule is CCOC1CC(NCCC2(CN)CCCCC2)C1. The van der Waals surface area contributed by atoms with Gasteiger partial charge in [0.25, 0.3) is 0 Å². The van der Waals surface area contributed by atoms with Gasteiger partial charge in [-0.2, -0.15) is 0 Å². The average Bonchev–Trinajstić information content (AvgIpc) is 2.37. The Hall–Kier alpha value is -0.120. The summed E-state index contributed by atoms with van der Waals surface area (Å²) in [5.41, 5.74) is 6.47. The second-order valence-electron chi connectivity index (χ2n) is 6.21. The summed E-state index contributed by atoms with van der Waals surface area (Å²) in [4.78, 5) is 0. The highest BCUT2D eigenvalue weighted by molar-refractivity contribution is 4.88. The van der Waals surface area contributed by atoms with E-state index in [1.807, 2.05) is 0 Å². The molecule has 0 spiro atoms. The van der Waals surface area contributed by atoms with Crippen LogP contribution in [-0.4, -0.2) is 31.8 Å². The van der Waals surface area contributed by atoms with Crippen molar-refractivity contribution in [1.29, 1.82) is 0 Å². The quantitative estimate of drug-likeness (QED) is 0.733. The van der Waals surface area contributed by atoms with Crippen molar-refractivity contribution in [2.75, 3.05) is 19.7 Å². The van der Waals surface area contributed by atoms with E-state index in [1.165, 1.54) is 51.4 Å². The average molecular weight is 254 g/mol. The molecule has 0 heterocycles. The van der Waals surface area contributed by atoms with Gasteiger partial charge in [-0.3, -0.25) is 0 Å². The summed E-state index contributed by atoms with van der Waals surface area (Å²) in [5.74, 6) is 0. The number of hydrogen-bond acceptors (Lipinski definition) is 3. The first-order valence-electron chi connectivity index (χ1n) is 7.83. The van der Waals surface area contributed by atoms with Crippen LogP contribution < -0.4 is 11.1 Å². The number of ether oxygens (including phenoxy) is 1. The minimum atomic E-state index is 0.453. The third-order valence-electron chi connectivity index (χ3n) is 4.93. The zero-order chi connectivity index (χ0) is 12.8. The van der Waals surface area contributed by atoms with Crippen molar-refractivity contribution in [3.05, 3.63) is 0 Å². The topological polar surface area (TPSA) is 47.3 Å². The summed E-state index contributed by atoms with van der Waals surface area (Å²) in [6.07, 6.45) is 11.0. The van der Waals surface area contributed by atoms with E-state index in [2.05, 4.69) is 12.2 Å². The first kappa shape index (κ1) is 14.3. The van der Waals surface area contributed by atoms with E-state index in [0.717, 1.165) is 19.7 Å². The lowest BCUT2D eigenvalue weighted by molar-refractivity contribution is -0.0106. The van der Waals surface area contributed by atoms with Crippen LogP contribution in [0.25, 0.3) is 0 Å². The smallest absolute Gasteiger partial charge is 0.0604 e. The molecule has 0 aromatic heterocycles. The van der Waals surface area contributed by atoms with Gasteiger partial charge in [0.2, 0.25) is 0 Å². The standard InChI is InChI=1S/C15H30N2O/c1-2-18-14-10-13(11-14)17-9-8-15(12-16)6-4-3-5-7-15/h13-14,17H,2-12,16H2,1H3. The van der Waals surface area contributed by atoms with Crippen LogP contribution in [0.15, 0.2) is 0 Å². The molecule has 0 aromatic rings. The van der Waals surface area contributed by atoms with Gasteiger partial charge in [0.05, 0.1) is 6.10 Å². The number of nitrogens with two attached hydrogens (primary N) is 1. The number of hydrogen-bond donors (Lipinski definition) is 2. The highest BCUT2D eigenvalue weighted by Gasteiger charge is 2.32. The van der Waals surface area contributed by atoms with E-state index in [9.17, 15) is 0 Å². The third-order valence-corrected chi connectivity index (χ3v) is 4.93. The molecule has 0 atom stereocenters. The van der Waals surface area contributed by atoms with E-state index in [0.29, 0.717) is 17.6 Å². The van der Waals surface area contributed by atoms with Crippen LogP contribution in [0.1, 0.15) is 58.3 Å². The second kappa shape index (κ2) is 6.88. The highest BCUT2D eigenvalue weighted by Crippen LogP contribution is 2.38. The van der Waals surface area contributed by atoms with Crippen molar-refractivity contribution < 1.29 is 4.74 Å². The predicted molar refractivity (Wildman–Crippen MR) is 75.6 cm³/mol. The molecule has 106 valence electrons. The Bertz CT molecular complexity index is 233. The Morgan fingerprint density at radius 2 is 1.94 bits per heavy atom. The Morgan fingerprint density at radius 3 is 2.56 bits per heavy atom. The lowest BCUT2D eigenvalue weighted by atomic mass is 9.72. The molecule has 0 radical (unpaired) electrons. The summed E-state index contributed by atoms with van der Waals surface area (Å²) in [6, 6.07) is 0.694. The van der Waals surface area contributed by atoms with Crippen LogP contribution in [0.3, 0.4) is 0 Å². The van der Waals surface area contributed by atoms with Crippen LogP contribution in [-0.2, 0) is 4.74 Å². The van der Waals surface area contributed by atoms with Gasteiger partial charge in [-0.15, -0.1) is 0 Å². The Morgan fingerprint density at radius 1 is 1.22 bits per heavy atom. The van der Waals surface area contributed by atoms with Crippen molar-refractivity contribution in [2.45, 2.75) is 70.4 Å². The molecule has 0 saturated heterocycles. The molecule has 2 fully saturated rings. The highest BCUT2D eigenvalue weighted by atomic mass is 16.5. The van der Waals surface area contributed by atoms with E-state index in [4.69, 9.17) is 10.5 Å². The van der Waals surface area contributed by atoms with Gasteiger partial charge in [-0.25, -0.2) is 0 Å². The molecule has 0 unspecified atom stereocenters. The molecule has 18 heavy (non-hydrogen) atoms. The molecule has 0 amide bonds. The molecule has 2 saturated carbocycles. The predicted octanol–water partition coefficient (Wildman–Crippen LogP) is 2.44. The van der Waals surface area contributed by atoms with E-state index in [-0.39, 0.29) is 0 Å². The van der Waals surface area contributed by atoms with E-state index < -0.39 is 0 Å². The monoisotopic (exact) mass is 254 g/mol. The molecule has 0 aromatic carbocycles. The second-order valence-corrected chi connectivity index (χ2v) is 6.21. The van der Waals surface area contributed by atoms with Crippen molar-refractivity contribution in [3.8, 4) is 0 Å². The Balaban J connectivity index is 1.60. The van der Waals surface area contributed by atoms with Gasteiger partial charge in [0, 0.05) is 12.6 Å². The maximum Gasteiger partial charge on any atom is 0.0604 e. The minimum absolute atomic E-state index is 0.453. The normalized spacial score (nSPS) is 31.0. The summed E-state index contributed by atoms with van der Waals surface area (Å²) in [6.45, 7) is 4.95. The Labute approximate surface area is 112 Å². The summed E-state index contributed by atoms with van der Waals surface area (Å²) in [7, 11) is 0. The van der Waals surface area contributed by atoms with Gasteiger partial charge < -0.3 is 15.8 Å². The Kier molecular flexibility index (Phi) is 5.46. The summed E-state index contributed by atoms with van der Waals surface area (Å²) < 4.78 is 5.59. The zero-order valence-electron chi connectivity index (χ0n) is 11.9. The van der Waals surface area contributed by atoms with Crippen LogP contribution in [0.2, 0.25) is 0 Å². The van der Waals surface area contributed by atoms with Gasteiger partial charge in [0.15, 0.2) is 0 Å². The molecule has 3 nitrogen and oxygen atoms in total. The minimum Gasteiger partial charge on any atom is -0.378 e. The molecule has 3 heteroatoms. The first-order chi connectivity index (χ1) is 8.78. The van der Waals surface area contributed by atoms with Gasteiger partial charge in [0.1, 0.15) is 0 Å². The van der Waals surface area contributed by atoms with Gasteiger partial charge >= 0.3 is 0 Å². The molecule has 2 aliphatic rings. The first-order valence-corrected chi connectivity index (χ1v) is 7.83. The van der Waals surface area contributed by atoms with Crippen LogP contribution in [0.4, 0.5) is 0 Å². The molecule has 0 aliphatic heterocycles. The lowest BCUT2D eigenvalue weighted by Crippen LogP contribution is -2.47. The molecule has 2 aliphatic carbocycles. The number of nitrogens with one attached hydrogen (secondary N) is 1. The number of rotatable bonds is 7. The molecular formula is C15H30N2O. The van der Waals surface area contributed by atoms with Crippen molar-refractivity contribution in [1.82, 2.24) is 5.32 Å². The molecule has 3 N–H and O–H groups in total. The fourth-order valence-electron chi connectivity index (χ4n) is 3.50. The van der Waals surface area contributed by atoms with Crippen molar-refractivity contribution >= 4 is 0 Å². The summed E-state index contributed by atoms with van der Waals surface area (Å²) in [5, 5.41) is 3.68. The maximum absolute atomic E-state index is 6.02. The van der Waals surface area contributed by atoms with Gasteiger partial charge in [-0.05, 0) is 57.5 Å². The molecule has 0 bridgehead atoms. The third kappa shape index (κ3) is 3.69. The van der Waals surface area contributed by atoms with E-state index >= 15 is 0 Å². The molecule has 2 rings (SSSR count). The van der Waals surface area contributed by atoms with E-state index in [1.54, 1.807) is 0 Å². The lowest BCUT2D eigenvalue weighted by Gasteiger charge is -2.39. The maximum atomic E-state index is 6.02. The van der Waals surface area contributed by atoms with Gasteiger partial charge in [-0.1, -0.05) is 19.3 Å². The fourth-order valence-corrected chi connectivity index (χ4v) is 3.50. The van der Waals surface area contributed by atoms with Crippen LogP contribution in [0.5, 0.6) is 0 Å². The fraction of sp³-hybridized carbons (Fsp3) is 1.00. The van der Waals surface area contributed by atoms with Crippen LogP contribution in [0, 0.1) is 5.41 Å². The summed E-state index contributed by atoms with van der Waals surface area (Å²) >= 11 is 0. The largest absolute Gasteiger partial charge is 0.378 e. The zero-order valence-corrected chi connectivity index (χ0v) is 11.9. The van der Waals surface area contributed by atoms with Crippen molar-refractivity contribution in [3.63, 3.8) is 0 Å². The van der Waals surface area contributed by atoms with Crippen molar-refractivity contribution in [2.24, 2.45) is 11.1 Å². The van der Waals surface area contributed by atoms with Crippen LogP contribution >= 0.6 is 0 Å². The molecular weight excluding hydrogens is 224 g/mol.